The molecule has 2 amide bonds. The van der Waals surface area contributed by atoms with E-state index in [0.717, 1.165) is 42.4 Å². The van der Waals surface area contributed by atoms with E-state index < -0.39 is 12.1 Å². The Kier molecular flexibility index (Phi) is 6.01. The van der Waals surface area contributed by atoms with Gasteiger partial charge in [0, 0.05) is 12.0 Å². The van der Waals surface area contributed by atoms with Crippen LogP contribution in [0.25, 0.3) is 11.1 Å². The van der Waals surface area contributed by atoms with Crippen LogP contribution in [0.1, 0.15) is 43.6 Å². The number of halogens is 1. The molecule has 0 unspecified atom stereocenters. The van der Waals surface area contributed by atoms with Crippen molar-refractivity contribution in [2.24, 2.45) is 0 Å². The Hall–Kier alpha value is -2.91. The molecule has 3 atom stereocenters. The van der Waals surface area contributed by atoms with Crippen molar-refractivity contribution in [2.75, 3.05) is 6.61 Å². The van der Waals surface area contributed by atoms with E-state index in [1.165, 1.54) is 23.5 Å². The molecule has 0 aromatic heterocycles. The Balaban J connectivity index is 1.50. The highest BCUT2D eigenvalue weighted by Crippen LogP contribution is 2.41. The zero-order valence-electron chi connectivity index (χ0n) is 16.8. The van der Waals surface area contributed by atoms with Crippen LogP contribution in [0.15, 0.2) is 48.5 Å². The van der Waals surface area contributed by atoms with Gasteiger partial charge in [-0.3, -0.25) is 0 Å². The van der Waals surface area contributed by atoms with Crippen LogP contribution in [0.5, 0.6) is 0 Å². The molecule has 1 aliphatic carbocycles. The molecule has 0 radical (unpaired) electrons. The highest BCUT2D eigenvalue weighted by Gasteiger charge is 2.52. The molecule has 5 nitrogen and oxygen atoms in total. The molecule has 6 heteroatoms. The number of aliphatic hydroxyl groups is 1. The van der Waals surface area contributed by atoms with Crippen LogP contribution in [-0.4, -0.2) is 40.8 Å². The predicted molar refractivity (Wildman–Crippen MR) is 112 cm³/mol. The van der Waals surface area contributed by atoms with Gasteiger partial charge in [0.25, 0.3) is 0 Å². The van der Waals surface area contributed by atoms with Gasteiger partial charge in [0.1, 0.15) is 11.9 Å². The Labute approximate surface area is 176 Å². The van der Waals surface area contributed by atoms with Crippen LogP contribution >= 0.6 is 0 Å². The average Bonchev–Trinajstić information content (AvgIpc) is 2.75. The summed E-state index contributed by atoms with van der Waals surface area (Å²) in [4.78, 5) is 14.3. The van der Waals surface area contributed by atoms with Crippen molar-refractivity contribution in [1.82, 2.24) is 10.2 Å². The minimum absolute atomic E-state index is 0.148. The van der Waals surface area contributed by atoms with Crippen molar-refractivity contribution >= 4 is 6.03 Å². The van der Waals surface area contributed by atoms with E-state index in [1.54, 1.807) is 6.07 Å². The first kappa shape index (κ1) is 20.4. The van der Waals surface area contributed by atoms with Gasteiger partial charge in [0.05, 0.1) is 18.7 Å². The fourth-order valence-electron chi connectivity index (χ4n) is 4.75. The maximum atomic E-state index is 13.5. The molecule has 2 fully saturated rings. The normalized spacial score (nSPS) is 24.0. The fourth-order valence-corrected chi connectivity index (χ4v) is 4.75. The monoisotopic (exact) mass is 407 g/mol. The molecule has 1 heterocycles. The lowest BCUT2D eigenvalue weighted by atomic mass is 9.75. The van der Waals surface area contributed by atoms with E-state index in [2.05, 4.69) is 11.4 Å². The number of likely N-dealkylation sites (tertiary alicyclic amines) is 1. The van der Waals surface area contributed by atoms with Gasteiger partial charge >= 0.3 is 6.03 Å². The number of hydrogen-bond donors (Lipinski definition) is 2. The van der Waals surface area contributed by atoms with Crippen molar-refractivity contribution < 1.29 is 14.3 Å². The first-order valence-electron chi connectivity index (χ1n) is 10.6. The summed E-state index contributed by atoms with van der Waals surface area (Å²) in [6.45, 7) is -0.202. The van der Waals surface area contributed by atoms with Crippen LogP contribution in [0.4, 0.5) is 9.18 Å². The highest BCUT2D eigenvalue weighted by molar-refractivity contribution is 5.78. The summed E-state index contributed by atoms with van der Waals surface area (Å²) in [5.41, 5.74) is 2.54. The second-order valence-electron chi connectivity index (χ2n) is 8.17. The van der Waals surface area contributed by atoms with Gasteiger partial charge in [-0.15, -0.1) is 0 Å². The van der Waals surface area contributed by atoms with Gasteiger partial charge in [-0.2, -0.15) is 5.26 Å². The molecule has 0 bridgehead atoms. The van der Waals surface area contributed by atoms with Gasteiger partial charge in [-0.25, -0.2) is 9.18 Å². The summed E-state index contributed by atoms with van der Waals surface area (Å²) < 4.78 is 13.5. The average molecular weight is 407 g/mol. The lowest BCUT2D eigenvalue weighted by molar-refractivity contribution is 0.0153. The van der Waals surface area contributed by atoms with E-state index in [4.69, 9.17) is 0 Å². The standard InChI is InChI=1S/C24H26FN3O2/c25-19-6-4-5-18(13-19)16-9-11-17(12-10-16)23-21(14-26)28(22(23)15-29)24(30)27-20-7-2-1-3-8-20/h4-6,9-13,20-23,29H,1-3,7-8,15H2,(H,27,30)/t21-,22-,23+/m1/s1. The molecule has 156 valence electrons. The zero-order chi connectivity index (χ0) is 21.1. The Morgan fingerprint density at radius 1 is 1.13 bits per heavy atom. The number of nitrogens with zero attached hydrogens (tertiary/aromatic N) is 2. The molecular weight excluding hydrogens is 381 g/mol. The number of amides is 2. The number of nitriles is 1. The number of urea groups is 1. The van der Waals surface area contributed by atoms with Crippen LogP contribution in [0.2, 0.25) is 0 Å². The molecule has 2 N–H and O–H groups in total. The molecule has 1 aliphatic heterocycles. The number of nitrogens with one attached hydrogen (secondary N) is 1. The maximum Gasteiger partial charge on any atom is 0.319 e. The second kappa shape index (κ2) is 8.85. The smallest absolute Gasteiger partial charge is 0.319 e. The molecule has 2 aromatic carbocycles. The van der Waals surface area contributed by atoms with Crippen LogP contribution in [0.3, 0.4) is 0 Å². The van der Waals surface area contributed by atoms with Crippen LogP contribution < -0.4 is 5.32 Å². The van der Waals surface area contributed by atoms with Crippen molar-refractivity contribution in [2.45, 2.75) is 56.1 Å². The molecule has 0 spiro atoms. The van der Waals surface area contributed by atoms with Gasteiger partial charge in [-0.1, -0.05) is 55.7 Å². The van der Waals surface area contributed by atoms with E-state index >= 15 is 0 Å². The summed E-state index contributed by atoms with van der Waals surface area (Å²) in [6.07, 6.45) is 5.34. The maximum absolute atomic E-state index is 13.5. The van der Waals surface area contributed by atoms with Crippen molar-refractivity contribution in [1.29, 1.82) is 5.26 Å². The third-order valence-corrected chi connectivity index (χ3v) is 6.35. The summed E-state index contributed by atoms with van der Waals surface area (Å²) in [5, 5.41) is 22.7. The summed E-state index contributed by atoms with van der Waals surface area (Å²) >= 11 is 0. The summed E-state index contributed by atoms with van der Waals surface area (Å²) in [7, 11) is 0. The number of benzene rings is 2. The minimum Gasteiger partial charge on any atom is -0.394 e. The summed E-state index contributed by atoms with van der Waals surface area (Å²) in [5.74, 6) is -0.543. The Bertz CT molecular complexity index is 934. The van der Waals surface area contributed by atoms with E-state index in [-0.39, 0.29) is 30.4 Å². The van der Waals surface area contributed by atoms with Crippen LogP contribution in [0, 0.1) is 17.1 Å². The molecular formula is C24H26FN3O2. The number of aliphatic hydroxyl groups excluding tert-OH is 1. The summed E-state index contributed by atoms with van der Waals surface area (Å²) in [6, 6.07) is 15.0. The van der Waals surface area contributed by atoms with E-state index in [1.807, 2.05) is 30.3 Å². The molecule has 30 heavy (non-hydrogen) atoms. The first-order chi connectivity index (χ1) is 14.6. The largest absolute Gasteiger partial charge is 0.394 e. The topological polar surface area (TPSA) is 76.4 Å². The van der Waals surface area contributed by atoms with E-state index in [0.29, 0.717) is 0 Å². The van der Waals surface area contributed by atoms with Gasteiger partial charge in [0.2, 0.25) is 0 Å². The zero-order valence-corrected chi connectivity index (χ0v) is 16.8. The number of carbonyl (C=O) groups excluding carboxylic acids is 1. The predicted octanol–water partition coefficient (Wildman–Crippen LogP) is 4.19. The van der Waals surface area contributed by atoms with E-state index in [9.17, 15) is 19.6 Å². The minimum atomic E-state index is -0.620. The van der Waals surface area contributed by atoms with Crippen molar-refractivity contribution in [3.05, 3.63) is 59.9 Å². The third kappa shape index (κ3) is 3.90. The van der Waals surface area contributed by atoms with Gasteiger partial charge in [-0.05, 0) is 41.7 Å². The number of hydrogen-bond acceptors (Lipinski definition) is 3. The number of rotatable bonds is 4. The molecule has 1 saturated carbocycles. The van der Waals surface area contributed by atoms with Crippen molar-refractivity contribution in [3.63, 3.8) is 0 Å². The SMILES string of the molecule is N#C[C@@H]1[C@H](c2ccc(-c3cccc(F)c3)cc2)[C@@H](CO)N1C(=O)NC1CCCCC1. The lowest BCUT2D eigenvalue weighted by Gasteiger charge is -2.51. The Morgan fingerprint density at radius 2 is 1.87 bits per heavy atom. The third-order valence-electron chi connectivity index (χ3n) is 6.35. The van der Waals surface area contributed by atoms with Crippen molar-refractivity contribution in [3.8, 4) is 17.2 Å². The molecule has 2 aromatic rings. The first-order valence-corrected chi connectivity index (χ1v) is 10.6. The van der Waals surface area contributed by atoms with Crippen LogP contribution in [-0.2, 0) is 0 Å². The highest BCUT2D eigenvalue weighted by atomic mass is 19.1. The molecule has 4 rings (SSSR count). The lowest BCUT2D eigenvalue weighted by Crippen LogP contribution is -2.67. The quantitative estimate of drug-likeness (QED) is 0.798. The molecule has 2 aliphatic rings. The fraction of sp³-hybridized carbons (Fsp3) is 0.417. The second-order valence-corrected chi connectivity index (χ2v) is 8.17. The molecule has 1 saturated heterocycles. The Morgan fingerprint density at radius 3 is 2.50 bits per heavy atom. The number of carbonyl (C=O) groups is 1. The van der Waals surface area contributed by atoms with Gasteiger partial charge in [0.15, 0.2) is 0 Å². The van der Waals surface area contributed by atoms with Gasteiger partial charge < -0.3 is 15.3 Å².